The summed E-state index contributed by atoms with van der Waals surface area (Å²) in [6, 6.07) is 0. The average Bonchev–Trinajstić information content (AvgIpc) is 2.29. The normalized spacial score (nSPS) is 8.33. The van der Waals surface area contributed by atoms with E-state index in [4.69, 9.17) is 10.2 Å². The molecule has 2 N–H and O–H groups in total. The fourth-order valence-corrected chi connectivity index (χ4v) is 0.591. The minimum absolute atomic E-state index is 0. The third-order valence-corrected chi connectivity index (χ3v) is 1.15. The molecule has 0 spiro atoms. The van der Waals surface area contributed by atoms with Crippen molar-refractivity contribution in [3.05, 3.63) is 0 Å². The van der Waals surface area contributed by atoms with E-state index in [1.54, 1.807) is 0 Å². The Labute approximate surface area is 154 Å². The zero-order chi connectivity index (χ0) is 12.2. The molecule has 0 bridgehead atoms. The molecule has 0 aliphatic carbocycles. The van der Waals surface area contributed by atoms with Gasteiger partial charge < -0.3 is 29.2 Å². The second-order valence-electron chi connectivity index (χ2n) is 2.34. The molecule has 0 heterocycles. The summed E-state index contributed by atoms with van der Waals surface area (Å²) in [6.07, 6.45) is -1.91. The summed E-state index contributed by atoms with van der Waals surface area (Å²) < 4.78 is 17.6. The molecule has 0 aromatic rings. The molecule has 0 aliphatic rings. The Bertz CT molecular complexity index is 191. The summed E-state index contributed by atoms with van der Waals surface area (Å²) in [5.74, 6) is 0. The molecule has 0 saturated heterocycles. The van der Waals surface area contributed by atoms with Crippen LogP contribution in [-0.2, 0) is 84.4 Å². The first-order valence-corrected chi connectivity index (χ1v) is 4.51. The van der Waals surface area contributed by atoms with Crippen LogP contribution in [0.25, 0.3) is 0 Å². The van der Waals surface area contributed by atoms with E-state index >= 15 is 0 Å². The molecule has 0 saturated carbocycles. The number of hydrogen-bond donors (Lipinski definition) is 2. The van der Waals surface area contributed by atoms with Crippen molar-refractivity contribution in [2.75, 3.05) is 39.6 Å². The van der Waals surface area contributed by atoms with Crippen molar-refractivity contribution >= 4 is 12.3 Å². The van der Waals surface area contributed by atoms with E-state index in [2.05, 4.69) is 18.9 Å². The van der Waals surface area contributed by atoms with Crippen LogP contribution in [-0.4, -0.2) is 62.2 Å². The third kappa shape index (κ3) is 16.7. The van der Waals surface area contributed by atoms with Gasteiger partial charge in [0.2, 0.25) is 0 Å². The van der Waals surface area contributed by atoms with Gasteiger partial charge in [0.25, 0.3) is 0 Å². The molecule has 0 unspecified atom stereocenters. The summed E-state index contributed by atoms with van der Waals surface area (Å²) in [6.45, 7) is -1.26. The Hall–Kier alpha value is 0.668. The fourth-order valence-electron chi connectivity index (χ4n) is 0.591. The first-order valence-electron chi connectivity index (χ1n) is 4.51. The zero-order valence-electron chi connectivity index (χ0n) is 9.74. The van der Waals surface area contributed by atoms with Gasteiger partial charge in [-0.2, -0.15) is 0 Å². The van der Waals surface area contributed by atoms with Crippen molar-refractivity contribution in [2.24, 2.45) is 0 Å². The van der Waals surface area contributed by atoms with Gasteiger partial charge in [0, 0.05) is 65.4 Å². The molecule has 18 heavy (non-hydrogen) atoms. The number of rotatable bonds is 7. The molecule has 0 atom stereocenters. The molecule has 100 valence electrons. The summed E-state index contributed by atoms with van der Waals surface area (Å²) in [7, 11) is 0. The Morgan fingerprint density at radius 2 is 0.944 bits per heavy atom. The van der Waals surface area contributed by atoms with Crippen LogP contribution in [0.4, 0.5) is 9.59 Å². The van der Waals surface area contributed by atoms with Crippen LogP contribution < -0.4 is 0 Å². The van der Waals surface area contributed by atoms with E-state index in [1.807, 2.05) is 0 Å². The molecular formula is C8H14O8Y2. The monoisotopic (exact) mass is 416 g/mol. The van der Waals surface area contributed by atoms with E-state index in [0.29, 0.717) is 0 Å². The van der Waals surface area contributed by atoms with Crippen molar-refractivity contribution in [3.63, 3.8) is 0 Å². The molecule has 0 rings (SSSR count). The number of aliphatic hydroxyl groups is 2. The van der Waals surface area contributed by atoms with Crippen LogP contribution in [0, 0.1) is 0 Å². The maximum absolute atomic E-state index is 10.7. The Morgan fingerprint density at radius 1 is 0.667 bits per heavy atom. The first-order chi connectivity index (χ1) is 7.70. The maximum Gasteiger partial charge on any atom is 0.508 e. The Balaban J connectivity index is -0.00000112. The smallest absolute Gasteiger partial charge is 0.432 e. The van der Waals surface area contributed by atoms with Gasteiger partial charge in [0.05, 0.1) is 13.2 Å². The molecule has 0 amide bonds. The van der Waals surface area contributed by atoms with E-state index in [-0.39, 0.29) is 105 Å². The summed E-state index contributed by atoms with van der Waals surface area (Å²) in [5.41, 5.74) is 0. The second-order valence-corrected chi connectivity index (χ2v) is 2.34. The Morgan fingerprint density at radius 3 is 1.22 bits per heavy atom. The van der Waals surface area contributed by atoms with E-state index in [1.165, 1.54) is 0 Å². The molecule has 10 heteroatoms. The van der Waals surface area contributed by atoms with E-state index in [9.17, 15) is 9.59 Å². The van der Waals surface area contributed by atoms with E-state index in [0.717, 1.165) is 0 Å². The van der Waals surface area contributed by atoms with Gasteiger partial charge in [-0.1, -0.05) is 0 Å². The quantitative estimate of drug-likeness (QED) is 0.413. The predicted octanol–water partition coefficient (Wildman–Crippen LogP) is -0.728. The number of carbonyl (C=O) groups excluding carboxylic acids is 2. The van der Waals surface area contributed by atoms with Crippen molar-refractivity contribution < 1.29 is 104 Å². The van der Waals surface area contributed by atoms with Crippen molar-refractivity contribution in [2.45, 2.75) is 0 Å². The molecule has 8 nitrogen and oxygen atoms in total. The summed E-state index contributed by atoms with van der Waals surface area (Å²) in [5, 5.41) is 16.6. The summed E-state index contributed by atoms with van der Waals surface area (Å²) >= 11 is 0. The standard InChI is InChI=1S/C8H14O8.2Y/c9-1-3-13-7(11)15-5-6-16-8(12)14-4-2-10;;/h9-10H,1-6H2;;. The average molecular weight is 416 g/mol. The number of carbonyl (C=O) groups is 2. The second kappa shape index (κ2) is 17.7. The molecule has 2 radical (unpaired) electrons. The van der Waals surface area contributed by atoms with Crippen LogP contribution in [0.15, 0.2) is 0 Å². The van der Waals surface area contributed by atoms with Crippen LogP contribution in [0.3, 0.4) is 0 Å². The number of hydrogen-bond acceptors (Lipinski definition) is 8. The SMILES string of the molecule is O=C(OCCO)OCCOC(=O)OCCO.[Y].[Y]. The first kappa shape index (κ1) is 23.7. The molecule has 0 aromatic carbocycles. The molecule has 0 fully saturated rings. The van der Waals surface area contributed by atoms with Gasteiger partial charge in [-0.25, -0.2) is 9.59 Å². The van der Waals surface area contributed by atoms with Crippen LogP contribution in [0.5, 0.6) is 0 Å². The van der Waals surface area contributed by atoms with Gasteiger partial charge in [0.15, 0.2) is 0 Å². The van der Waals surface area contributed by atoms with Gasteiger partial charge >= 0.3 is 12.3 Å². The third-order valence-electron chi connectivity index (χ3n) is 1.15. The van der Waals surface area contributed by atoms with Crippen LogP contribution in [0.2, 0.25) is 0 Å². The Kier molecular flexibility index (Phi) is 23.3. The van der Waals surface area contributed by atoms with Gasteiger partial charge in [-0.3, -0.25) is 0 Å². The van der Waals surface area contributed by atoms with Crippen molar-refractivity contribution in [1.82, 2.24) is 0 Å². The zero-order valence-corrected chi connectivity index (χ0v) is 15.4. The van der Waals surface area contributed by atoms with Gasteiger partial charge in [0.1, 0.15) is 26.4 Å². The minimum Gasteiger partial charge on any atom is -0.432 e. The molecular weight excluding hydrogens is 402 g/mol. The largest absolute Gasteiger partial charge is 0.508 e. The van der Waals surface area contributed by atoms with Gasteiger partial charge in [-0.05, 0) is 0 Å². The van der Waals surface area contributed by atoms with Crippen LogP contribution >= 0.6 is 0 Å². The summed E-state index contributed by atoms with van der Waals surface area (Å²) in [4.78, 5) is 21.3. The molecule has 0 aromatic heterocycles. The fraction of sp³-hybridized carbons (Fsp3) is 0.750. The van der Waals surface area contributed by atoms with Gasteiger partial charge in [-0.15, -0.1) is 0 Å². The van der Waals surface area contributed by atoms with E-state index < -0.39 is 12.3 Å². The minimum atomic E-state index is -0.957. The topological polar surface area (TPSA) is 112 Å². The van der Waals surface area contributed by atoms with Crippen molar-refractivity contribution in [1.29, 1.82) is 0 Å². The van der Waals surface area contributed by atoms with Crippen molar-refractivity contribution in [3.8, 4) is 0 Å². The number of aliphatic hydroxyl groups excluding tert-OH is 2. The molecule has 0 aliphatic heterocycles. The number of ether oxygens (including phenoxy) is 4. The maximum atomic E-state index is 10.7. The van der Waals surface area contributed by atoms with Crippen LogP contribution in [0.1, 0.15) is 0 Å². The predicted molar refractivity (Wildman–Crippen MR) is 48.8 cm³/mol.